The second-order valence-electron chi connectivity index (χ2n) is 7.83. The molecule has 2 heterocycles. The van der Waals surface area contributed by atoms with Crippen molar-refractivity contribution in [1.82, 2.24) is 19.9 Å². The number of rotatable bonds is 10. The lowest BCUT2D eigenvalue weighted by molar-refractivity contribution is -0.142. The number of nitrogens with zero attached hydrogens (tertiary/aromatic N) is 4. The van der Waals surface area contributed by atoms with Gasteiger partial charge in [0.25, 0.3) is 5.91 Å². The van der Waals surface area contributed by atoms with E-state index in [2.05, 4.69) is 15.0 Å². The van der Waals surface area contributed by atoms with Crippen LogP contribution >= 0.6 is 0 Å². The van der Waals surface area contributed by atoms with Gasteiger partial charge in [-0.05, 0) is 43.5 Å². The number of ether oxygens (including phenoxy) is 3. The zero-order valence-corrected chi connectivity index (χ0v) is 20.7. The van der Waals surface area contributed by atoms with E-state index in [1.807, 2.05) is 38.1 Å². The van der Waals surface area contributed by atoms with Gasteiger partial charge in [0.15, 0.2) is 0 Å². The third kappa shape index (κ3) is 6.53. The quantitative estimate of drug-likeness (QED) is 0.407. The Kier molecular flexibility index (Phi) is 8.72. The van der Waals surface area contributed by atoms with Gasteiger partial charge in [0.05, 0.1) is 27.2 Å². The van der Waals surface area contributed by atoms with Crippen LogP contribution in [-0.4, -0.2) is 59.1 Å². The molecule has 0 unspecified atom stereocenters. The highest BCUT2D eigenvalue weighted by molar-refractivity contribution is 5.92. The summed E-state index contributed by atoms with van der Waals surface area (Å²) in [6.07, 6.45) is 3.56. The Morgan fingerprint density at radius 3 is 2.49 bits per heavy atom. The zero-order valence-electron chi connectivity index (χ0n) is 20.7. The number of methoxy groups -OCH3 is 2. The van der Waals surface area contributed by atoms with E-state index in [0.29, 0.717) is 19.7 Å². The molecule has 0 bridgehead atoms. The SMILES string of the molecule is CCOC(=O)Cc1cncc(-c2ccc(C)cc2CN(CC)C(=O)c2cc(OC)nc(OC)n2)c1. The number of carbonyl (C=O) groups excluding carboxylic acids is 2. The first-order valence-electron chi connectivity index (χ1n) is 11.3. The molecule has 0 aliphatic heterocycles. The highest BCUT2D eigenvalue weighted by Gasteiger charge is 2.21. The molecule has 0 saturated heterocycles. The standard InChI is InChI=1S/C26H30N4O5/c1-6-30(25(32)22-13-23(33-4)29-26(28-22)34-5)16-20-10-17(3)8-9-21(20)19-11-18(14-27-15-19)12-24(31)35-7-2/h8-11,13-15H,6-7,12,16H2,1-5H3. The van der Waals surface area contributed by atoms with Crippen LogP contribution in [0.1, 0.15) is 41.0 Å². The molecule has 9 nitrogen and oxygen atoms in total. The molecule has 3 aromatic rings. The van der Waals surface area contributed by atoms with E-state index in [9.17, 15) is 9.59 Å². The lowest BCUT2D eigenvalue weighted by Gasteiger charge is -2.23. The maximum Gasteiger partial charge on any atom is 0.320 e. The summed E-state index contributed by atoms with van der Waals surface area (Å²) < 4.78 is 15.4. The summed E-state index contributed by atoms with van der Waals surface area (Å²) >= 11 is 0. The lowest BCUT2D eigenvalue weighted by Crippen LogP contribution is -2.31. The van der Waals surface area contributed by atoms with E-state index in [0.717, 1.165) is 27.8 Å². The largest absolute Gasteiger partial charge is 0.481 e. The summed E-state index contributed by atoms with van der Waals surface area (Å²) in [5.74, 6) is -0.320. The normalized spacial score (nSPS) is 10.5. The molecule has 2 aromatic heterocycles. The van der Waals surface area contributed by atoms with Gasteiger partial charge in [0.2, 0.25) is 5.88 Å². The molecule has 0 aliphatic rings. The van der Waals surface area contributed by atoms with Crippen LogP contribution < -0.4 is 9.47 Å². The monoisotopic (exact) mass is 478 g/mol. The van der Waals surface area contributed by atoms with Crippen LogP contribution in [0, 0.1) is 6.92 Å². The third-order valence-electron chi connectivity index (χ3n) is 5.34. The minimum absolute atomic E-state index is 0.0597. The van der Waals surface area contributed by atoms with Crippen LogP contribution in [0.5, 0.6) is 11.9 Å². The molecule has 1 aromatic carbocycles. The van der Waals surface area contributed by atoms with E-state index in [1.54, 1.807) is 24.2 Å². The van der Waals surface area contributed by atoms with Crippen LogP contribution in [0.3, 0.4) is 0 Å². The van der Waals surface area contributed by atoms with Crippen molar-refractivity contribution in [2.45, 2.75) is 33.7 Å². The number of pyridine rings is 1. The summed E-state index contributed by atoms with van der Waals surface area (Å²) in [4.78, 5) is 39.6. The first kappa shape index (κ1) is 25.6. The Balaban J connectivity index is 1.93. The van der Waals surface area contributed by atoms with Crippen molar-refractivity contribution in [3.63, 3.8) is 0 Å². The summed E-state index contributed by atoms with van der Waals surface area (Å²) in [7, 11) is 2.90. The van der Waals surface area contributed by atoms with E-state index < -0.39 is 0 Å². The summed E-state index contributed by atoms with van der Waals surface area (Å²) in [5, 5.41) is 0. The number of benzene rings is 1. The Morgan fingerprint density at radius 1 is 1.00 bits per heavy atom. The first-order valence-corrected chi connectivity index (χ1v) is 11.3. The molecule has 0 radical (unpaired) electrons. The molecule has 184 valence electrons. The Labute approximate surface area is 205 Å². The molecule has 1 amide bonds. The van der Waals surface area contributed by atoms with E-state index in [1.165, 1.54) is 20.3 Å². The van der Waals surface area contributed by atoms with Crippen molar-refractivity contribution in [2.75, 3.05) is 27.4 Å². The van der Waals surface area contributed by atoms with Gasteiger partial charge < -0.3 is 19.1 Å². The zero-order chi connectivity index (χ0) is 25.4. The molecule has 0 atom stereocenters. The maximum absolute atomic E-state index is 13.3. The topological polar surface area (TPSA) is 104 Å². The average molecular weight is 479 g/mol. The molecule has 35 heavy (non-hydrogen) atoms. The van der Waals surface area contributed by atoms with Gasteiger partial charge in [0.1, 0.15) is 5.69 Å². The molecular formula is C26H30N4O5. The predicted octanol–water partition coefficient (Wildman–Crippen LogP) is 3.63. The number of amides is 1. The van der Waals surface area contributed by atoms with Crippen LogP contribution in [0.2, 0.25) is 0 Å². The highest BCUT2D eigenvalue weighted by Crippen LogP contribution is 2.27. The second-order valence-corrected chi connectivity index (χ2v) is 7.83. The number of aryl methyl sites for hydroxylation is 1. The fourth-order valence-corrected chi connectivity index (χ4v) is 3.65. The Bertz CT molecular complexity index is 1180. The van der Waals surface area contributed by atoms with Crippen LogP contribution in [0.25, 0.3) is 11.1 Å². The number of carbonyl (C=O) groups is 2. The van der Waals surface area contributed by atoms with Crippen molar-refractivity contribution >= 4 is 11.9 Å². The van der Waals surface area contributed by atoms with Gasteiger partial charge in [-0.3, -0.25) is 14.6 Å². The van der Waals surface area contributed by atoms with Gasteiger partial charge in [-0.15, -0.1) is 0 Å². The molecule has 0 saturated carbocycles. The fraction of sp³-hybridized carbons (Fsp3) is 0.346. The van der Waals surface area contributed by atoms with Gasteiger partial charge in [-0.25, -0.2) is 0 Å². The van der Waals surface area contributed by atoms with Crippen molar-refractivity contribution in [3.8, 4) is 23.0 Å². The fourth-order valence-electron chi connectivity index (χ4n) is 3.65. The molecule has 0 N–H and O–H groups in total. The Morgan fingerprint density at radius 2 is 1.80 bits per heavy atom. The molecule has 0 aliphatic carbocycles. The van der Waals surface area contributed by atoms with E-state index >= 15 is 0 Å². The minimum Gasteiger partial charge on any atom is -0.481 e. The smallest absolute Gasteiger partial charge is 0.320 e. The van der Waals surface area contributed by atoms with Crippen molar-refractivity contribution in [1.29, 1.82) is 0 Å². The summed E-state index contributed by atoms with van der Waals surface area (Å²) in [5.41, 5.74) is 4.74. The molecular weight excluding hydrogens is 448 g/mol. The minimum atomic E-state index is -0.297. The summed E-state index contributed by atoms with van der Waals surface area (Å²) in [6.45, 7) is 6.83. The van der Waals surface area contributed by atoms with Gasteiger partial charge >= 0.3 is 12.0 Å². The maximum atomic E-state index is 13.3. The van der Waals surface area contributed by atoms with Crippen LogP contribution in [-0.2, 0) is 22.5 Å². The second kappa shape index (κ2) is 11.9. The van der Waals surface area contributed by atoms with E-state index in [-0.39, 0.29) is 35.9 Å². The van der Waals surface area contributed by atoms with Gasteiger partial charge in [-0.1, -0.05) is 23.8 Å². The summed E-state index contributed by atoms with van der Waals surface area (Å²) in [6, 6.07) is 9.54. The van der Waals surface area contributed by atoms with Crippen LogP contribution in [0.15, 0.2) is 42.7 Å². The van der Waals surface area contributed by atoms with Crippen molar-refractivity contribution in [2.24, 2.45) is 0 Å². The number of hydrogen-bond acceptors (Lipinski definition) is 8. The van der Waals surface area contributed by atoms with Gasteiger partial charge in [-0.2, -0.15) is 9.97 Å². The molecule has 0 fully saturated rings. The molecule has 3 rings (SSSR count). The van der Waals surface area contributed by atoms with E-state index in [4.69, 9.17) is 14.2 Å². The first-order chi connectivity index (χ1) is 16.9. The number of esters is 1. The molecule has 0 spiro atoms. The Hall–Kier alpha value is -4.01. The van der Waals surface area contributed by atoms with Crippen molar-refractivity contribution in [3.05, 3.63) is 65.1 Å². The highest BCUT2D eigenvalue weighted by atomic mass is 16.5. The lowest BCUT2D eigenvalue weighted by atomic mass is 9.97. The third-order valence-corrected chi connectivity index (χ3v) is 5.34. The van der Waals surface area contributed by atoms with Gasteiger partial charge in [0, 0.05) is 37.1 Å². The predicted molar refractivity (Wildman–Crippen MR) is 130 cm³/mol. The van der Waals surface area contributed by atoms with Crippen LogP contribution in [0.4, 0.5) is 0 Å². The number of aromatic nitrogens is 3. The molecule has 9 heteroatoms. The number of hydrogen-bond donors (Lipinski definition) is 0. The average Bonchev–Trinajstić information content (AvgIpc) is 2.86. The van der Waals surface area contributed by atoms with Crippen molar-refractivity contribution < 1.29 is 23.8 Å².